The fourth-order valence-electron chi connectivity index (χ4n) is 5.49. The summed E-state index contributed by atoms with van der Waals surface area (Å²) in [6.07, 6.45) is 3.22. The molecule has 0 atom stereocenters. The molecule has 5 heteroatoms. The van der Waals surface area contributed by atoms with Gasteiger partial charge in [0, 0.05) is 30.6 Å². The normalized spacial score (nSPS) is 14.2. The van der Waals surface area contributed by atoms with E-state index in [2.05, 4.69) is 76.2 Å². The molecule has 0 radical (unpaired) electrons. The van der Waals surface area contributed by atoms with Crippen LogP contribution in [0.2, 0.25) is 0 Å². The minimum atomic E-state index is -0.0423. The first-order chi connectivity index (χ1) is 20.2. The topological polar surface area (TPSA) is 53.6 Å². The molecular weight excluding hydrogens is 506 g/mol. The summed E-state index contributed by atoms with van der Waals surface area (Å²) in [6, 6.07) is 39.7. The number of nitrogens with one attached hydrogen (secondary N) is 2. The average molecular weight is 548 g/mol. The van der Waals surface area contributed by atoms with Crippen molar-refractivity contribution in [1.29, 1.82) is 0 Å². The number of carbonyl (C=O) groups excluding carboxylic acids is 1. The highest BCUT2D eigenvalue weighted by Crippen LogP contribution is 2.27. The highest BCUT2D eigenvalue weighted by molar-refractivity contribution is 5.94. The van der Waals surface area contributed by atoms with Gasteiger partial charge in [-0.05, 0) is 79.9 Å². The quantitative estimate of drug-likeness (QED) is 0.194. The Balaban J connectivity index is 0.979. The van der Waals surface area contributed by atoms with Gasteiger partial charge >= 0.3 is 0 Å². The number of rotatable bonds is 13. The van der Waals surface area contributed by atoms with Gasteiger partial charge in [0.25, 0.3) is 5.91 Å². The first-order valence-corrected chi connectivity index (χ1v) is 14.9. The number of amides is 1. The number of hydrogen-bond donors (Lipinski definition) is 2. The van der Waals surface area contributed by atoms with Crippen LogP contribution in [0, 0.1) is 0 Å². The van der Waals surface area contributed by atoms with Gasteiger partial charge in [0.1, 0.15) is 12.4 Å². The maximum atomic E-state index is 12.6. The van der Waals surface area contributed by atoms with E-state index in [1.807, 2.05) is 54.6 Å². The van der Waals surface area contributed by atoms with E-state index in [1.54, 1.807) is 0 Å². The Morgan fingerprint density at radius 1 is 0.756 bits per heavy atom. The van der Waals surface area contributed by atoms with Crippen molar-refractivity contribution in [3.63, 3.8) is 0 Å². The zero-order valence-corrected chi connectivity index (χ0v) is 23.8. The summed E-state index contributed by atoms with van der Waals surface area (Å²) >= 11 is 0. The molecule has 1 saturated heterocycles. The van der Waals surface area contributed by atoms with Gasteiger partial charge in [-0.15, -0.1) is 0 Å². The lowest BCUT2D eigenvalue weighted by Gasteiger charge is -2.35. The van der Waals surface area contributed by atoms with Crippen molar-refractivity contribution in [2.75, 3.05) is 32.7 Å². The van der Waals surface area contributed by atoms with Gasteiger partial charge in [-0.25, -0.2) is 0 Å². The summed E-state index contributed by atoms with van der Waals surface area (Å²) in [6.45, 7) is 5.35. The van der Waals surface area contributed by atoms with Crippen LogP contribution in [0.25, 0.3) is 0 Å². The fourth-order valence-corrected chi connectivity index (χ4v) is 5.49. The SMILES string of the molecule is O=C(NCCCNC1CCN(CC(c2ccccc2)c2ccccc2)CC1)c1ccc(OCc2ccccc2)cc1. The molecule has 0 aliphatic carbocycles. The smallest absolute Gasteiger partial charge is 0.251 e. The van der Waals surface area contributed by atoms with E-state index >= 15 is 0 Å². The van der Waals surface area contributed by atoms with Crippen LogP contribution in [0.3, 0.4) is 0 Å². The molecule has 4 aromatic rings. The minimum Gasteiger partial charge on any atom is -0.489 e. The molecular formula is C36H41N3O2. The van der Waals surface area contributed by atoms with Crippen molar-refractivity contribution in [2.24, 2.45) is 0 Å². The summed E-state index contributed by atoms with van der Waals surface area (Å²) in [5.74, 6) is 1.11. The van der Waals surface area contributed by atoms with Crippen LogP contribution >= 0.6 is 0 Å². The van der Waals surface area contributed by atoms with E-state index in [1.165, 1.54) is 11.1 Å². The van der Waals surface area contributed by atoms with E-state index in [9.17, 15) is 4.79 Å². The zero-order valence-electron chi connectivity index (χ0n) is 23.8. The predicted molar refractivity (Wildman–Crippen MR) is 166 cm³/mol. The standard InChI is InChI=1S/C36H41N3O2/c40-36(32-17-19-34(20-18-32)41-28-29-11-4-1-5-12-29)38-24-10-23-37-33-21-25-39(26-22-33)27-35(30-13-6-2-7-14-30)31-15-8-3-9-16-31/h1-9,11-20,33,35,37H,10,21-28H2,(H,38,40). The monoisotopic (exact) mass is 547 g/mol. The molecule has 41 heavy (non-hydrogen) atoms. The van der Waals surface area contributed by atoms with Crippen molar-refractivity contribution in [1.82, 2.24) is 15.5 Å². The third-order valence-electron chi connectivity index (χ3n) is 7.87. The lowest BCUT2D eigenvalue weighted by atomic mass is 9.90. The molecule has 212 valence electrons. The van der Waals surface area contributed by atoms with Gasteiger partial charge in [0.15, 0.2) is 0 Å². The Morgan fingerprint density at radius 2 is 1.34 bits per heavy atom. The van der Waals surface area contributed by atoms with E-state index in [0.29, 0.717) is 30.7 Å². The maximum Gasteiger partial charge on any atom is 0.251 e. The average Bonchev–Trinajstić information content (AvgIpc) is 3.04. The second-order valence-electron chi connectivity index (χ2n) is 10.8. The number of hydrogen-bond acceptors (Lipinski definition) is 4. The van der Waals surface area contributed by atoms with Crippen molar-refractivity contribution in [3.05, 3.63) is 138 Å². The molecule has 2 N–H and O–H groups in total. The van der Waals surface area contributed by atoms with Crippen LogP contribution in [0.1, 0.15) is 52.2 Å². The van der Waals surface area contributed by atoms with E-state index in [0.717, 1.165) is 56.8 Å². The highest BCUT2D eigenvalue weighted by Gasteiger charge is 2.23. The molecule has 0 bridgehead atoms. The zero-order chi connectivity index (χ0) is 28.1. The Bertz CT molecular complexity index is 1270. The molecule has 0 unspecified atom stereocenters. The lowest BCUT2D eigenvalue weighted by Crippen LogP contribution is -2.44. The summed E-state index contributed by atoms with van der Waals surface area (Å²) in [4.78, 5) is 15.2. The number of benzene rings is 4. The van der Waals surface area contributed by atoms with Crippen LogP contribution in [0.15, 0.2) is 115 Å². The number of likely N-dealkylation sites (tertiary alicyclic amines) is 1. The Morgan fingerprint density at radius 3 is 1.95 bits per heavy atom. The van der Waals surface area contributed by atoms with Crippen molar-refractivity contribution in [3.8, 4) is 5.75 Å². The van der Waals surface area contributed by atoms with Crippen LogP contribution in [-0.4, -0.2) is 49.6 Å². The van der Waals surface area contributed by atoms with Crippen molar-refractivity contribution >= 4 is 5.91 Å². The first-order valence-electron chi connectivity index (χ1n) is 14.9. The largest absolute Gasteiger partial charge is 0.489 e. The molecule has 0 spiro atoms. The fraction of sp³-hybridized carbons (Fsp3) is 0.306. The summed E-state index contributed by atoms with van der Waals surface area (Å²) in [5, 5.41) is 6.76. The van der Waals surface area contributed by atoms with Gasteiger partial charge in [-0.2, -0.15) is 0 Å². The molecule has 4 aromatic carbocycles. The second kappa shape index (κ2) is 15.2. The molecule has 1 fully saturated rings. The molecule has 0 aromatic heterocycles. The van der Waals surface area contributed by atoms with Crippen LogP contribution in [0.4, 0.5) is 0 Å². The Labute approximate surface area is 244 Å². The Kier molecular flexibility index (Phi) is 10.6. The van der Waals surface area contributed by atoms with Crippen LogP contribution < -0.4 is 15.4 Å². The summed E-state index contributed by atoms with van der Waals surface area (Å²) < 4.78 is 5.82. The van der Waals surface area contributed by atoms with E-state index in [-0.39, 0.29) is 5.91 Å². The van der Waals surface area contributed by atoms with Crippen LogP contribution in [-0.2, 0) is 6.61 Å². The third kappa shape index (κ3) is 8.78. The molecule has 1 aliphatic rings. The van der Waals surface area contributed by atoms with Crippen molar-refractivity contribution < 1.29 is 9.53 Å². The second-order valence-corrected chi connectivity index (χ2v) is 10.8. The first kappa shape index (κ1) is 28.6. The predicted octanol–water partition coefficient (Wildman–Crippen LogP) is 6.27. The third-order valence-corrected chi connectivity index (χ3v) is 7.87. The molecule has 0 saturated carbocycles. The lowest BCUT2D eigenvalue weighted by molar-refractivity contribution is 0.0953. The van der Waals surface area contributed by atoms with Crippen molar-refractivity contribution in [2.45, 2.75) is 37.8 Å². The number of piperidine rings is 1. The molecule has 5 rings (SSSR count). The molecule has 5 nitrogen and oxygen atoms in total. The maximum absolute atomic E-state index is 12.6. The minimum absolute atomic E-state index is 0.0423. The van der Waals surface area contributed by atoms with E-state index in [4.69, 9.17) is 4.74 Å². The molecule has 1 heterocycles. The van der Waals surface area contributed by atoms with Gasteiger partial charge in [-0.3, -0.25) is 4.79 Å². The summed E-state index contributed by atoms with van der Waals surface area (Å²) in [5.41, 5.74) is 4.54. The Hall–Kier alpha value is -3.93. The number of ether oxygens (including phenoxy) is 1. The van der Waals surface area contributed by atoms with Gasteiger partial charge in [0.2, 0.25) is 0 Å². The van der Waals surface area contributed by atoms with Gasteiger partial charge in [-0.1, -0.05) is 91.0 Å². The van der Waals surface area contributed by atoms with Gasteiger partial charge < -0.3 is 20.3 Å². The molecule has 1 aliphatic heterocycles. The molecule has 1 amide bonds. The van der Waals surface area contributed by atoms with Gasteiger partial charge in [0.05, 0.1) is 0 Å². The van der Waals surface area contributed by atoms with Crippen LogP contribution in [0.5, 0.6) is 5.75 Å². The number of nitrogens with zero attached hydrogens (tertiary/aromatic N) is 1. The summed E-state index contributed by atoms with van der Waals surface area (Å²) in [7, 11) is 0. The van der Waals surface area contributed by atoms with E-state index < -0.39 is 0 Å². The highest BCUT2D eigenvalue weighted by atomic mass is 16.5. The number of carbonyl (C=O) groups is 1.